The molecule has 0 aromatic rings. The van der Waals surface area contributed by atoms with Crippen LogP contribution < -0.4 is 0 Å². The number of esters is 2. The highest BCUT2D eigenvalue weighted by molar-refractivity contribution is 5.67. The van der Waals surface area contributed by atoms with Gasteiger partial charge in [0.05, 0.1) is 24.2 Å². The van der Waals surface area contributed by atoms with Crippen molar-refractivity contribution in [3.05, 3.63) is 12.2 Å². The summed E-state index contributed by atoms with van der Waals surface area (Å²) < 4.78 is 31.9. The third-order valence-electron chi connectivity index (χ3n) is 10.3. The van der Waals surface area contributed by atoms with E-state index >= 15 is 0 Å². The zero-order chi connectivity index (χ0) is 25.3. The summed E-state index contributed by atoms with van der Waals surface area (Å²) in [5, 5.41) is 12.7. The van der Waals surface area contributed by atoms with Crippen LogP contribution in [-0.2, 0) is 33.3 Å². The molecule has 3 saturated heterocycles. The quantitative estimate of drug-likeness (QED) is 0.466. The topological polar surface area (TPSA) is 101 Å². The number of rotatable bonds is 2. The summed E-state index contributed by atoms with van der Waals surface area (Å²) in [7, 11) is 0. The molecule has 0 unspecified atom stereocenters. The van der Waals surface area contributed by atoms with Gasteiger partial charge < -0.3 is 28.8 Å². The molecule has 1 N–H and O–H groups in total. The summed E-state index contributed by atoms with van der Waals surface area (Å²) in [6.07, 6.45) is 0.710. The molecule has 35 heavy (non-hydrogen) atoms. The summed E-state index contributed by atoms with van der Waals surface area (Å²) in [5.74, 6) is -4.09. The van der Waals surface area contributed by atoms with Gasteiger partial charge in [0, 0.05) is 31.1 Å². The minimum absolute atomic E-state index is 0.0237. The Bertz CT molecular complexity index is 1000. The molecule has 8 nitrogen and oxygen atoms in total. The highest BCUT2D eigenvalue weighted by Gasteiger charge is 2.88. The van der Waals surface area contributed by atoms with Gasteiger partial charge in [-0.05, 0) is 56.4 Å². The summed E-state index contributed by atoms with van der Waals surface area (Å²) in [5.41, 5.74) is -1.14. The van der Waals surface area contributed by atoms with Gasteiger partial charge in [-0.2, -0.15) is 0 Å². The van der Waals surface area contributed by atoms with E-state index < -0.39 is 46.6 Å². The van der Waals surface area contributed by atoms with Crippen LogP contribution in [0.2, 0.25) is 0 Å². The Hall–Kier alpha value is -1.48. The molecule has 2 spiro atoms. The number of hydrogen-bond acceptors (Lipinski definition) is 8. The molecular formula is C27H38O8. The first kappa shape index (κ1) is 23.9. The molecule has 0 amide bonds. The van der Waals surface area contributed by atoms with Gasteiger partial charge in [-0.1, -0.05) is 20.4 Å². The van der Waals surface area contributed by atoms with E-state index in [2.05, 4.69) is 20.4 Å². The van der Waals surface area contributed by atoms with Crippen molar-refractivity contribution in [1.82, 2.24) is 0 Å². The molecule has 7 fully saturated rings. The standard InChI is InChI=1S/C27H38O8/c1-13-16-10-17-19-25-12-31-27(30,26(19,11-16)21(13)32-14(2)28)22(33-15(3)29)20(25)23(4,5)9-8-18(25)35-24(6,7)34-17/h16-22,30H,1,8-12H2,2-7H3/t16-,17+,18+,19+,20-,21-,22+,25+,26+,27-/m1/s1. The second kappa shape index (κ2) is 6.88. The lowest BCUT2D eigenvalue weighted by atomic mass is 9.35. The molecule has 7 aliphatic rings. The molecule has 194 valence electrons. The number of hydrogen-bond donors (Lipinski definition) is 1. The van der Waals surface area contributed by atoms with Gasteiger partial charge in [0.25, 0.3) is 0 Å². The van der Waals surface area contributed by atoms with Crippen molar-refractivity contribution >= 4 is 11.9 Å². The first-order valence-electron chi connectivity index (χ1n) is 12.9. The second-order valence-corrected chi connectivity index (χ2v) is 13.0. The third-order valence-corrected chi connectivity index (χ3v) is 10.3. The maximum absolute atomic E-state index is 12.7. The predicted octanol–water partition coefficient (Wildman–Crippen LogP) is 3.11. The number of carbonyl (C=O) groups is 2. The van der Waals surface area contributed by atoms with E-state index in [1.807, 2.05) is 13.8 Å². The van der Waals surface area contributed by atoms with E-state index in [-0.39, 0.29) is 42.0 Å². The predicted molar refractivity (Wildman–Crippen MR) is 123 cm³/mol. The van der Waals surface area contributed by atoms with Gasteiger partial charge in [0.1, 0.15) is 6.10 Å². The summed E-state index contributed by atoms with van der Waals surface area (Å²) in [4.78, 5) is 24.8. The molecule has 3 aliphatic heterocycles. The maximum Gasteiger partial charge on any atom is 0.303 e. The number of carbonyl (C=O) groups excluding carboxylic acids is 2. The lowest BCUT2D eigenvalue weighted by Gasteiger charge is -2.75. The van der Waals surface area contributed by atoms with E-state index in [0.717, 1.165) is 18.4 Å². The monoisotopic (exact) mass is 490 g/mol. The Morgan fingerprint density at radius 3 is 2.40 bits per heavy atom. The zero-order valence-electron chi connectivity index (χ0n) is 21.6. The molecule has 0 radical (unpaired) electrons. The second-order valence-electron chi connectivity index (χ2n) is 13.0. The van der Waals surface area contributed by atoms with Crippen LogP contribution in [0.3, 0.4) is 0 Å². The number of ether oxygens (including phenoxy) is 5. The molecule has 4 saturated carbocycles. The van der Waals surface area contributed by atoms with Crippen molar-refractivity contribution in [2.24, 2.45) is 34.0 Å². The van der Waals surface area contributed by atoms with Crippen molar-refractivity contribution in [3.8, 4) is 0 Å². The van der Waals surface area contributed by atoms with Gasteiger partial charge in [-0.3, -0.25) is 9.59 Å². The van der Waals surface area contributed by atoms with E-state index in [9.17, 15) is 14.7 Å². The van der Waals surface area contributed by atoms with Gasteiger partial charge >= 0.3 is 11.9 Å². The van der Waals surface area contributed by atoms with E-state index in [1.54, 1.807) is 0 Å². The highest BCUT2D eigenvalue weighted by atomic mass is 16.7. The fourth-order valence-corrected chi connectivity index (χ4v) is 9.69. The zero-order valence-corrected chi connectivity index (χ0v) is 21.6. The first-order valence-corrected chi connectivity index (χ1v) is 12.9. The molecule has 0 aromatic carbocycles. The van der Waals surface area contributed by atoms with E-state index in [4.69, 9.17) is 23.7 Å². The molecule has 0 aromatic heterocycles. The third kappa shape index (κ3) is 2.72. The molecule has 10 atom stereocenters. The summed E-state index contributed by atoms with van der Waals surface area (Å²) >= 11 is 0. The van der Waals surface area contributed by atoms with E-state index in [1.165, 1.54) is 13.8 Å². The van der Waals surface area contributed by atoms with Crippen molar-refractivity contribution in [2.45, 2.75) is 103 Å². The van der Waals surface area contributed by atoms with Crippen LogP contribution in [0.15, 0.2) is 12.2 Å². The van der Waals surface area contributed by atoms with Gasteiger partial charge in [0.2, 0.25) is 5.79 Å². The minimum Gasteiger partial charge on any atom is -0.457 e. The molecule has 4 aliphatic carbocycles. The molecular weight excluding hydrogens is 452 g/mol. The summed E-state index contributed by atoms with van der Waals surface area (Å²) in [6.45, 7) is 15.6. The normalized spacial score (nSPS) is 52.3. The Labute approximate surface area is 206 Å². The Kier molecular flexibility index (Phi) is 4.70. The van der Waals surface area contributed by atoms with Gasteiger partial charge in [-0.15, -0.1) is 0 Å². The van der Waals surface area contributed by atoms with Crippen molar-refractivity contribution in [1.29, 1.82) is 0 Å². The number of fused-ring (bicyclic) bond motifs is 2. The van der Waals surface area contributed by atoms with Crippen molar-refractivity contribution < 1.29 is 38.4 Å². The maximum atomic E-state index is 12.7. The van der Waals surface area contributed by atoms with Gasteiger partial charge in [0.15, 0.2) is 11.9 Å². The fourth-order valence-electron chi connectivity index (χ4n) is 9.69. The van der Waals surface area contributed by atoms with Crippen LogP contribution in [0.25, 0.3) is 0 Å². The van der Waals surface area contributed by atoms with Crippen LogP contribution in [-0.4, -0.2) is 59.6 Å². The lowest BCUT2D eigenvalue weighted by molar-refractivity contribution is -0.468. The van der Waals surface area contributed by atoms with Crippen LogP contribution in [0.5, 0.6) is 0 Å². The molecule has 8 heteroatoms. The Morgan fingerprint density at radius 1 is 1.06 bits per heavy atom. The van der Waals surface area contributed by atoms with Gasteiger partial charge in [-0.25, -0.2) is 0 Å². The van der Waals surface area contributed by atoms with Crippen LogP contribution in [0.4, 0.5) is 0 Å². The van der Waals surface area contributed by atoms with E-state index in [0.29, 0.717) is 12.8 Å². The van der Waals surface area contributed by atoms with Crippen LogP contribution >= 0.6 is 0 Å². The minimum atomic E-state index is -1.86. The smallest absolute Gasteiger partial charge is 0.303 e. The Morgan fingerprint density at radius 2 is 1.74 bits per heavy atom. The first-order chi connectivity index (χ1) is 16.2. The average Bonchev–Trinajstić information content (AvgIpc) is 2.86. The lowest BCUT2D eigenvalue weighted by Crippen LogP contribution is -2.85. The SMILES string of the molecule is C=C1[C@@H]2C[C@@H]3OC(C)(C)O[C@H]4CCC(C)(C)[C@H]5[C@H](OC(C)=O)[C@@]6(O)OC[C@@]45[C@H]3[C@@]6(C2)[C@@H]1OC(C)=O. The van der Waals surface area contributed by atoms with Crippen molar-refractivity contribution in [2.75, 3.05) is 6.61 Å². The average molecular weight is 491 g/mol. The van der Waals surface area contributed by atoms with Crippen LogP contribution in [0.1, 0.15) is 67.2 Å². The molecule has 7 rings (SSSR count). The number of aliphatic hydroxyl groups is 1. The summed E-state index contributed by atoms with van der Waals surface area (Å²) in [6, 6.07) is 0. The fraction of sp³-hybridized carbons (Fsp3) is 0.852. The largest absolute Gasteiger partial charge is 0.457 e. The van der Waals surface area contributed by atoms with Crippen molar-refractivity contribution in [3.63, 3.8) is 0 Å². The molecule has 4 bridgehead atoms. The molecule has 3 heterocycles. The van der Waals surface area contributed by atoms with Crippen LogP contribution in [0, 0.1) is 34.0 Å². The Balaban J connectivity index is 1.67. The highest BCUT2D eigenvalue weighted by Crippen LogP contribution is 2.79.